The summed E-state index contributed by atoms with van der Waals surface area (Å²) < 4.78 is 5.13. The van der Waals surface area contributed by atoms with Gasteiger partial charge in [-0.3, -0.25) is 4.79 Å². The lowest BCUT2D eigenvalue weighted by molar-refractivity contribution is 0.0524. The fraction of sp³-hybridized carbons (Fsp3) is 0.417. The van der Waals surface area contributed by atoms with Crippen LogP contribution < -0.4 is 10.9 Å². The van der Waals surface area contributed by atoms with Crippen LogP contribution in [0.25, 0.3) is 10.2 Å². The highest BCUT2D eigenvalue weighted by Gasteiger charge is 2.16. The second-order valence-electron chi connectivity index (χ2n) is 5.02. The number of hydrogen-bond donors (Lipinski definition) is 2. The van der Waals surface area contributed by atoms with Crippen molar-refractivity contribution in [2.24, 2.45) is 0 Å². The molecule has 102 valence electrons. The number of amides is 1. The van der Waals surface area contributed by atoms with Gasteiger partial charge in [-0.1, -0.05) is 0 Å². The normalized spacial score (nSPS) is 11.5. The van der Waals surface area contributed by atoms with Gasteiger partial charge in [0.2, 0.25) is 0 Å². The Morgan fingerprint density at radius 3 is 2.89 bits per heavy atom. The van der Waals surface area contributed by atoms with Gasteiger partial charge < -0.3 is 15.0 Å². The Hall–Kier alpha value is -1.89. The third-order valence-electron chi connectivity index (χ3n) is 2.19. The van der Waals surface area contributed by atoms with Gasteiger partial charge in [-0.2, -0.15) is 0 Å². The molecule has 0 aliphatic rings. The summed E-state index contributed by atoms with van der Waals surface area (Å²) in [4.78, 5) is 31.1. The molecule has 0 saturated carbocycles. The van der Waals surface area contributed by atoms with Crippen LogP contribution in [-0.2, 0) is 11.3 Å². The second-order valence-corrected chi connectivity index (χ2v) is 6.13. The Kier molecular flexibility index (Phi) is 3.57. The molecule has 0 aliphatic carbocycles. The molecule has 2 aromatic rings. The lowest BCUT2D eigenvalue weighted by atomic mass is 10.2. The molecule has 0 fully saturated rings. The van der Waals surface area contributed by atoms with Crippen LogP contribution in [0.4, 0.5) is 4.79 Å². The van der Waals surface area contributed by atoms with Gasteiger partial charge in [0.1, 0.15) is 10.4 Å². The third kappa shape index (κ3) is 3.54. The lowest BCUT2D eigenvalue weighted by Gasteiger charge is -2.19. The summed E-state index contributed by atoms with van der Waals surface area (Å²) in [5, 5.41) is 3.18. The molecule has 1 amide bonds. The van der Waals surface area contributed by atoms with Crippen molar-refractivity contribution < 1.29 is 9.53 Å². The van der Waals surface area contributed by atoms with E-state index in [1.165, 1.54) is 17.7 Å². The van der Waals surface area contributed by atoms with Crippen LogP contribution >= 0.6 is 11.3 Å². The highest BCUT2D eigenvalue weighted by Crippen LogP contribution is 2.20. The fourth-order valence-electron chi connectivity index (χ4n) is 1.48. The van der Waals surface area contributed by atoms with Gasteiger partial charge >= 0.3 is 6.09 Å². The molecule has 6 nitrogen and oxygen atoms in total. The highest BCUT2D eigenvalue weighted by molar-refractivity contribution is 7.18. The first kappa shape index (κ1) is 13.5. The Balaban J connectivity index is 2.04. The predicted molar refractivity (Wildman–Crippen MR) is 73.3 cm³/mol. The van der Waals surface area contributed by atoms with Gasteiger partial charge in [0.05, 0.1) is 18.3 Å². The number of nitrogens with zero attached hydrogens (tertiary/aromatic N) is 1. The van der Waals surface area contributed by atoms with Crippen LogP contribution in [0.3, 0.4) is 0 Å². The maximum atomic E-state index is 11.5. The average Bonchev–Trinajstić information content (AvgIpc) is 2.68. The molecular weight excluding hydrogens is 266 g/mol. The number of aromatic amines is 1. The van der Waals surface area contributed by atoms with Crippen LogP contribution in [0.15, 0.2) is 17.2 Å². The number of nitrogens with one attached hydrogen (secondary N) is 2. The number of hydrogen-bond acceptors (Lipinski definition) is 5. The Morgan fingerprint density at radius 1 is 1.53 bits per heavy atom. The summed E-state index contributed by atoms with van der Waals surface area (Å²) in [6, 6.07) is 1.73. The zero-order valence-electron chi connectivity index (χ0n) is 10.9. The number of fused-ring (bicyclic) bond motifs is 1. The molecule has 19 heavy (non-hydrogen) atoms. The summed E-state index contributed by atoms with van der Waals surface area (Å²) in [5.41, 5.74) is -0.701. The maximum Gasteiger partial charge on any atom is 0.407 e. The van der Waals surface area contributed by atoms with Crippen molar-refractivity contribution in [2.45, 2.75) is 32.9 Å². The molecule has 2 N–H and O–H groups in total. The number of ether oxygens (including phenoxy) is 1. The number of carbonyl (C=O) groups is 1. The monoisotopic (exact) mass is 281 g/mol. The molecule has 0 unspecified atom stereocenters. The van der Waals surface area contributed by atoms with Crippen molar-refractivity contribution in [3.05, 3.63) is 27.6 Å². The van der Waals surface area contributed by atoms with Crippen molar-refractivity contribution in [2.75, 3.05) is 0 Å². The topological polar surface area (TPSA) is 84.1 Å². The summed E-state index contributed by atoms with van der Waals surface area (Å²) in [5.74, 6) is 0. The van der Waals surface area contributed by atoms with Crippen LogP contribution in [0.5, 0.6) is 0 Å². The smallest absolute Gasteiger partial charge is 0.407 e. The second kappa shape index (κ2) is 5.00. The largest absolute Gasteiger partial charge is 0.444 e. The maximum absolute atomic E-state index is 11.5. The van der Waals surface area contributed by atoms with E-state index < -0.39 is 11.7 Å². The third-order valence-corrected chi connectivity index (χ3v) is 3.23. The Morgan fingerprint density at radius 2 is 2.26 bits per heavy atom. The zero-order valence-corrected chi connectivity index (χ0v) is 11.8. The van der Waals surface area contributed by atoms with Gasteiger partial charge in [0.15, 0.2) is 0 Å². The molecule has 0 spiro atoms. The van der Waals surface area contributed by atoms with Gasteiger partial charge in [-0.05, 0) is 26.8 Å². The highest BCUT2D eigenvalue weighted by atomic mass is 32.1. The van der Waals surface area contributed by atoms with E-state index in [4.69, 9.17) is 4.74 Å². The Bertz CT molecular complexity index is 654. The molecule has 0 aliphatic heterocycles. The number of alkyl carbamates (subject to hydrolysis) is 1. The molecule has 0 bridgehead atoms. The molecule has 2 aromatic heterocycles. The Labute approximate surface area is 113 Å². The lowest BCUT2D eigenvalue weighted by Crippen LogP contribution is -2.31. The standard InChI is InChI=1S/C12H15N3O3S/c1-12(2,3)18-11(17)13-5-7-4-8-9(16)14-6-15-10(8)19-7/h4,6H,5H2,1-3H3,(H,13,17)(H,14,15,16). The van der Waals surface area contributed by atoms with Gasteiger partial charge in [0.25, 0.3) is 5.56 Å². The molecule has 0 aromatic carbocycles. The van der Waals surface area contributed by atoms with Crippen LogP contribution in [-0.4, -0.2) is 21.7 Å². The van der Waals surface area contributed by atoms with Gasteiger partial charge in [0, 0.05) is 4.88 Å². The molecular formula is C12H15N3O3S. The summed E-state index contributed by atoms with van der Waals surface area (Å²) in [7, 11) is 0. The number of carbonyl (C=O) groups excluding carboxylic acids is 1. The minimum atomic E-state index is -0.525. The number of aromatic nitrogens is 2. The van der Waals surface area contributed by atoms with Gasteiger partial charge in [-0.15, -0.1) is 11.3 Å². The average molecular weight is 281 g/mol. The molecule has 0 saturated heterocycles. The molecule has 0 radical (unpaired) electrons. The molecule has 2 heterocycles. The summed E-state index contributed by atoms with van der Waals surface area (Å²) in [6.07, 6.45) is 0.888. The van der Waals surface area contributed by atoms with E-state index >= 15 is 0 Å². The first-order valence-corrected chi connectivity index (χ1v) is 6.60. The van der Waals surface area contributed by atoms with Gasteiger partial charge in [-0.25, -0.2) is 9.78 Å². The minimum absolute atomic E-state index is 0.176. The predicted octanol–water partition coefficient (Wildman–Crippen LogP) is 2.01. The van der Waals surface area contributed by atoms with Crippen molar-refractivity contribution in [1.82, 2.24) is 15.3 Å². The number of thiophene rings is 1. The van der Waals surface area contributed by atoms with E-state index in [1.54, 1.807) is 26.8 Å². The molecule has 2 rings (SSSR count). The molecule has 7 heteroatoms. The van der Waals surface area contributed by atoms with E-state index in [9.17, 15) is 9.59 Å². The van der Waals surface area contributed by atoms with E-state index in [2.05, 4.69) is 15.3 Å². The van der Waals surface area contributed by atoms with Crippen LogP contribution in [0.1, 0.15) is 25.6 Å². The van der Waals surface area contributed by atoms with Crippen molar-refractivity contribution >= 4 is 27.6 Å². The quantitative estimate of drug-likeness (QED) is 0.882. The van der Waals surface area contributed by atoms with Crippen LogP contribution in [0, 0.1) is 0 Å². The van der Waals surface area contributed by atoms with E-state index in [0.717, 1.165) is 4.88 Å². The van der Waals surface area contributed by atoms with Crippen molar-refractivity contribution in [1.29, 1.82) is 0 Å². The van der Waals surface area contributed by atoms with Crippen molar-refractivity contribution in [3.63, 3.8) is 0 Å². The van der Waals surface area contributed by atoms with Crippen molar-refractivity contribution in [3.8, 4) is 0 Å². The first-order chi connectivity index (χ1) is 8.85. The molecule has 0 atom stereocenters. The van der Waals surface area contributed by atoms with E-state index in [-0.39, 0.29) is 5.56 Å². The fourth-order valence-corrected chi connectivity index (χ4v) is 2.41. The SMILES string of the molecule is CC(C)(C)OC(=O)NCc1cc2c(=O)[nH]cnc2s1. The van der Waals surface area contributed by atoms with E-state index in [0.29, 0.717) is 16.8 Å². The minimum Gasteiger partial charge on any atom is -0.444 e. The van der Waals surface area contributed by atoms with Crippen LogP contribution in [0.2, 0.25) is 0 Å². The number of H-pyrrole nitrogens is 1. The zero-order chi connectivity index (χ0) is 14.0. The number of rotatable bonds is 2. The first-order valence-electron chi connectivity index (χ1n) is 5.78. The summed E-state index contributed by atoms with van der Waals surface area (Å²) >= 11 is 1.37. The summed E-state index contributed by atoms with van der Waals surface area (Å²) in [6.45, 7) is 5.72. The van der Waals surface area contributed by atoms with E-state index in [1.807, 2.05) is 0 Å².